The van der Waals surface area contributed by atoms with Crippen molar-refractivity contribution < 1.29 is 5.11 Å². The van der Waals surface area contributed by atoms with Gasteiger partial charge in [-0.2, -0.15) is 0 Å². The molecule has 1 aliphatic heterocycles. The molecule has 1 heterocycles. The van der Waals surface area contributed by atoms with E-state index >= 15 is 0 Å². The Kier molecular flexibility index (Phi) is 5.42. The van der Waals surface area contributed by atoms with E-state index in [1.807, 2.05) is 30.3 Å². The van der Waals surface area contributed by atoms with Gasteiger partial charge in [-0.1, -0.05) is 44.2 Å². The molecule has 0 radical (unpaired) electrons. The lowest BCUT2D eigenvalue weighted by molar-refractivity contribution is 0.00997. The van der Waals surface area contributed by atoms with Crippen molar-refractivity contribution in [3.05, 3.63) is 35.9 Å². The van der Waals surface area contributed by atoms with Gasteiger partial charge in [-0.3, -0.25) is 0 Å². The van der Waals surface area contributed by atoms with E-state index in [1.165, 1.54) is 12.8 Å². The third-order valence-corrected chi connectivity index (χ3v) is 4.77. The number of aliphatic hydroxyl groups excluding tert-OH is 1. The number of hydrogen-bond acceptors (Lipinski definition) is 3. The molecule has 0 amide bonds. The molecule has 0 aromatic heterocycles. The van der Waals surface area contributed by atoms with E-state index in [9.17, 15) is 5.11 Å². The number of aliphatic hydroxyl groups is 1. The molecule has 0 spiro atoms. The maximum atomic E-state index is 10.7. The summed E-state index contributed by atoms with van der Waals surface area (Å²) in [6, 6.07) is 10.7. The second kappa shape index (κ2) is 6.91. The SMILES string of the molecule is CN(C)C1CCN(CC(C)(C)C(O)c2ccccc2)CC1. The molecule has 1 atom stereocenters. The zero-order valence-electron chi connectivity index (χ0n) is 13.9. The van der Waals surface area contributed by atoms with Crippen LogP contribution in [-0.2, 0) is 0 Å². The topological polar surface area (TPSA) is 26.7 Å². The maximum absolute atomic E-state index is 10.7. The van der Waals surface area contributed by atoms with Crippen molar-refractivity contribution in [2.24, 2.45) is 5.41 Å². The van der Waals surface area contributed by atoms with E-state index in [1.54, 1.807) is 0 Å². The molecule has 2 rings (SSSR count). The van der Waals surface area contributed by atoms with Gasteiger partial charge in [0.2, 0.25) is 0 Å². The van der Waals surface area contributed by atoms with E-state index in [-0.39, 0.29) is 5.41 Å². The van der Waals surface area contributed by atoms with E-state index in [0.717, 1.165) is 25.2 Å². The first kappa shape index (κ1) is 16.5. The zero-order chi connectivity index (χ0) is 15.5. The van der Waals surface area contributed by atoms with E-state index < -0.39 is 6.10 Å². The highest BCUT2D eigenvalue weighted by atomic mass is 16.3. The van der Waals surface area contributed by atoms with Crippen molar-refractivity contribution in [3.8, 4) is 0 Å². The van der Waals surface area contributed by atoms with Crippen LogP contribution in [0.4, 0.5) is 0 Å². The Morgan fingerprint density at radius 3 is 2.29 bits per heavy atom. The van der Waals surface area contributed by atoms with Crippen LogP contribution >= 0.6 is 0 Å². The average Bonchev–Trinajstić information content (AvgIpc) is 2.47. The van der Waals surface area contributed by atoms with E-state index in [4.69, 9.17) is 0 Å². The summed E-state index contributed by atoms with van der Waals surface area (Å²) in [7, 11) is 4.34. The monoisotopic (exact) mass is 290 g/mol. The molecule has 1 unspecified atom stereocenters. The predicted octanol–water partition coefficient (Wildman–Crippen LogP) is 2.77. The minimum absolute atomic E-state index is 0.133. The number of nitrogens with zero attached hydrogens (tertiary/aromatic N) is 2. The molecule has 1 fully saturated rings. The molecule has 3 heteroatoms. The lowest BCUT2D eigenvalue weighted by Crippen LogP contribution is -2.46. The quantitative estimate of drug-likeness (QED) is 0.903. The minimum atomic E-state index is -0.412. The molecule has 3 nitrogen and oxygen atoms in total. The highest BCUT2D eigenvalue weighted by molar-refractivity contribution is 5.19. The van der Waals surface area contributed by atoms with Crippen LogP contribution < -0.4 is 0 Å². The van der Waals surface area contributed by atoms with Crippen LogP contribution in [0, 0.1) is 5.41 Å². The van der Waals surface area contributed by atoms with Crippen LogP contribution in [0.25, 0.3) is 0 Å². The molecule has 0 saturated carbocycles. The van der Waals surface area contributed by atoms with Crippen molar-refractivity contribution in [2.45, 2.75) is 38.8 Å². The Morgan fingerprint density at radius 1 is 1.19 bits per heavy atom. The zero-order valence-corrected chi connectivity index (χ0v) is 13.9. The summed E-state index contributed by atoms with van der Waals surface area (Å²) in [5, 5.41) is 10.7. The van der Waals surface area contributed by atoms with Crippen LogP contribution in [0.2, 0.25) is 0 Å². The maximum Gasteiger partial charge on any atom is 0.0853 e. The van der Waals surface area contributed by atoms with Crippen LogP contribution in [0.5, 0.6) is 0 Å². The Balaban J connectivity index is 1.92. The minimum Gasteiger partial charge on any atom is -0.388 e. The normalized spacial score (nSPS) is 19.9. The molecule has 1 N–H and O–H groups in total. The summed E-state index contributed by atoms with van der Waals surface area (Å²) in [6.45, 7) is 7.55. The average molecular weight is 290 g/mol. The van der Waals surface area contributed by atoms with Crippen LogP contribution in [0.3, 0.4) is 0 Å². The molecule has 1 aromatic rings. The number of piperidine rings is 1. The summed E-state index contributed by atoms with van der Waals surface area (Å²) in [5.74, 6) is 0. The predicted molar refractivity (Wildman–Crippen MR) is 88.3 cm³/mol. The Bertz CT molecular complexity index is 422. The number of hydrogen-bond donors (Lipinski definition) is 1. The van der Waals surface area contributed by atoms with Gasteiger partial charge in [-0.05, 0) is 45.6 Å². The lowest BCUT2D eigenvalue weighted by atomic mass is 9.81. The largest absolute Gasteiger partial charge is 0.388 e. The van der Waals surface area contributed by atoms with Crippen LogP contribution in [-0.4, -0.2) is 54.7 Å². The van der Waals surface area contributed by atoms with Gasteiger partial charge in [0.25, 0.3) is 0 Å². The van der Waals surface area contributed by atoms with Gasteiger partial charge in [-0.25, -0.2) is 0 Å². The van der Waals surface area contributed by atoms with Crippen molar-refractivity contribution >= 4 is 0 Å². The van der Waals surface area contributed by atoms with Crippen molar-refractivity contribution in [3.63, 3.8) is 0 Å². The molecule has 0 bridgehead atoms. The van der Waals surface area contributed by atoms with Gasteiger partial charge in [0.15, 0.2) is 0 Å². The summed E-state index contributed by atoms with van der Waals surface area (Å²) < 4.78 is 0. The summed E-state index contributed by atoms with van der Waals surface area (Å²) in [6.07, 6.45) is 2.04. The van der Waals surface area contributed by atoms with Crippen molar-refractivity contribution in [1.29, 1.82) is 0 Å². The smallest absolute Gasteiger partial charge is 0.0853 e. The lowest BCUT2D eigenvalue weighted by Gasteiger charge is -2.41. The summed E-state index contributed by atoms with van der Waals surface area (Å²) >= 11 is 0. The standard InChI is InChI=1S/C18H30N2O/c1-18(2,17(21)15-8-6-5-7-9-15)14-20-12-10-16(11-13-20)19(3)4/h5-9,16-17,21H,10-14H2,1-4H3. The van der Waals surface area contributed by atoms with E-state index in [0.29, 0.717) is 6.04 Å². The van der Waals surface area contributed by atoms with Gasteiger partial charge in [0.05, 0.1) is 6.10 Å². The van der Waals surface area contributed by atoms with Gasteiger partial charge < -0.3 is 14.9 Å². The van der Waals surface area contributed by atoms with Crippen molar-refractivity contribution in [1.82, 2.24) is 9.80 Å². The molecule has 1 aliphatic rings. The fraction of sp³-hybridized carbons (Fsp3) is 0.667. The second-order valence-corrected chi connectivity index (χ2v) is 7.27. The van der Waals surface area contributed by atoms with Gasteiger partial charge in [0, 0.05) is 18.0 Å². The summed E-state index contributed by atoms with van der Waals surface area (Å²) in [5.41, 5.74) is 0.887. The van der Waals surface area contributed by atoms with Crippen LogP contribution in [0.15, 0.2) is 30.3 Å². The van der Waals surface area contributed by atoms with Gasteiger partial charge >= 0.3 is 0 Å². The Labute approximate surface area is 129 Å². The Morgan fingerprint density at radius 2 is 1.76 bits per heavy atom. The summed E-state index contributed by atoms with van der Waals surface area (Å²) in [4.78, 5) is 4.84. The fourth-order valence-corrected chi connectivity index (χ4v) is 3.34. The molecule has 1 saturated heterocycles. The van der Waals surface area contributed by atoms with Gasteiger partial charge in [0.1, 0.15) is 0 Å². The molecule has 21 heavy (non-hydrogen) atoms. The highest BCUT2D eigenvalue weighted by Crippen LogP contribution is 2.34. The van der Waals surface area contributed by atoms with Crippen LogP contribution in [0.1, 0.15) is 38.4 Å². The van der Waals surface area contributed by atoms with E-state index in [2.05, 4.69) is 37.7 Å². The fourth-order valence-electron chi connectivity index (χ4n) is 3.34. The van der Waals surface area contributed by atoms with Gasteiger partial charge in [-0.15, -0.1) is 0 Å². The van der Waals surface area contributed by atoms with Crippen molar-refractivity contribution in [2.75, 3.05) is 33.7 Å². The Hall–Kier alpha value is -0.900. The first-order valence-corrected chi connectivity index (χ1v) is 8.02. The molecule has 1 aromatic carbocycles. The second-order valence-electron chi connectivity index (χ2n) is 7.27. The number of benzene rings is 1. The third kappa shape index (κ3) is 4.29. The number of rotatable bonds is 5. The third-order valence-electron chi connectivity index (χ3n) is 4.77. The number of likely N-dealkylation sites (tertiary alicyclic amines) is 1. The first-order valence-electron chi connectivity index (χ1n) is 8.02. The molecule has 0 aliphatic carbocycles. The first-order chi connectivity index (χ1) is 9.90. The molecular weight excluding hydrogens is 260 g/mol. The molecule has 118 valence electrons. The highest BCUT2D eigenvalue weighted by Gasteiger charge is 2.32. The molecular formula is C18H30N2O.